The van der Waals surface area contributed by atoms with E-state index in [0.29, 0.717) is 16.8 Å². The summed E-state index contributed by atoms with van der Waals surface area (Å²) in [6.07, 6.45) is 0. The van der Waals surface area contributed by atoms with E-state index in [1.807, 2.05) is 130 Å². The van der Waals surface area contributed by atoms with Crippen molar-refractivity contribution >= 4 is 45.7 Å². The van der Waals surface area contributed by atoms with Crippen LogP contribution < -0.4 is 15.9 Å². The normalized spacial score (nSPS) is 11.7. The molecule has 0 spiro atoms. The smallest absolute Gasteiger partial charge is 0.360 e. The number of hydrogen-bond acceptors (Lipinski definition) is 4. The van der Waals surface area contributed by atoms with E-state index in [1.165, 1.54) is 0 Å². The van der Waals surface area contributed by atoms with E-state index in [4.69, 9.17) is 9.85 Å². The van der Waals surface area contributed by atoms with Crippen LogP contribution in [0.25, 0.3) is 0 Å². The van der Waals surface area contributed by atoms with E-state index in [2.05, 4.69) is 5.11 Å². The molecule has 5 aromatic carbocycles. The summed E-state index contributed by atoms with van der Waals surface area (Å²) >= 11 is 0. The van der Waals surface area contributed by atoms with Gasteiger partial charge in [-0.1, -0.05) is 133 Å². The molecule has 0 unspecified atom stereocenters. The van der Waals surface area contributed by atoms with Crippen molar-refractivity contribution in [2.24, 2.45) is 10.2 Å². The molecule has 5 nitrogen and oxygen atoms in total. The van der Waals surface area contributed by atoms with Crippen LogP contribution in [0.1, 0.15) is 36.7 Å². The van der Waals surface area contributed by atoms with E-state index in [9.17, 15) is 9.59 Å². The maximum absolute atomic E-state index is 14.3. The van der Waals surface area contributed by atoms with E-state index >= 15 is 0 Å². The van der Waals surface area contributed by atoms with Crippen LogP contribution in [0.3, 0.4) is 0 Å². The number of rotatable bonds is 8. The van der Waals surface area contributed by atoms with Crippen molar-refractivity contribution in [1.29, 1.82) is 0 Å². The Balaban J connectivity index is 1.86. The van der Waals surface area contributed by atoms with Crippen molar-refractivity contribution < 1.29 is 14.3 Å². The fourth-order valence-corrected chi connectivity index (χ4v) is 8.92. The monoisotopic (exact) mass is 584 g/mol. The van der Waals surface area contributed by atoms with Gasteiger partial charge in [0.1, 0.15) is 5.60 Å². The molecule has 0 heterocycles. The Kier molecular flexibility index (Phi) is 8.94. The number of carbonyl (C=O) groups excluding carboxylic acids is 2. The SMILES string of the molecule is CC(C)(C)OC(=O)C(N=Nc1ccccc1C(=O)c1ccccc1)=P(c1ccccc1)(c1ccccc1)c1ccccc1. The highest BCUT2D eigenvalue weighted by molar-refractivity contribution is 7.96. The topological polar surface area (TPSA) is 68.1 Å². The molecule has 214 valence electrons. The molecule has 0 aliphatic heterocycles. The summed E-state index contributed by atoms with van der Waals surface area (Å²) in [5.41, 5.74) is 0.710. The molecule has 0 amide bonds. The fraction of sp³-hybridized carbons (Fsp3) is 0.108. The van der Waals surface area contributed by atoms with Crippen molar-refractivity contribution in [1.82, 2.24) is 0 Å². The lowest BCUT2D eigenvalue weighted by Gasteiger charge is -2.31. The molecule has 0 bridgehead atoms. The zero-order valence-corrected chi connectivity index (χ0v) is 25.3. The third-order valence-corrected chi connectivity index (χ3v) is 10.9. The minimum absolute atomic E-state index is 0.177. The van der Waals surface area contributed by atoms with Crippen LogP contribution in [-0.4, -0.2) is 22.8 Å². The Hall–Kier alpha value is -4.86. The summed E-state index contributed by atoms with van der Waals surface area (Å²) < 4.78 is 6.04. The molecule has 0 saturated heterocycles. The number of carbonyl (C=O) groups is 2. The van der Waals surface area contributed by atoms with Gasteiger partial charge in [0.2, 0.25) is 0 Å². The summed E-state index contributed by atoms with van der Waals surface area (Å²) in [5, 5.41) is 12.2. The lowest BCUT2D eigenvalue weighted by molar-refractivity contribution is -0.146. The van der Waals surface area contributed by atoms with E-state index in [1.54, 1.807) is 36.4 Å². The predicted octanol–water partition coefficient (Wildman–Crippen LogP) is 7.47. The number of ether oxygens (including phenoxy) is 1. The van der Waals surface area contributed by atoms with Gasteiger partial charge in [-0.25, -0.2) is 4.79 Å². The average molecular weight is 585 g/mol. The summed E-state index contributed by atoms with van der Waals surface area (Å²) in [5.74, 6) is -0.739. The zero-order chi connectivity index (χ0) is 30.3. The highest BCUT2D eigenvalue weighted by Crippen LogP contribution is 2.47. The first-order valence-electron chi connectivity index (χ1n) is 14.1. The largest absolute Gasteiger partial charge is 0.455 e. The Morgan fingerprint density at radius 3 is 1.47 bits per heavy atom. The Bertz CT molecular complexity index is 1690. The van der Waals surface area contributed by atoms with Gasteiger partial charge >= 0.3 is 5.97 Å². The van der Waals surface area contributed by atoms with Gasteiger partial charge in [-0.2, -0.15) is 0 Å². The van der Waals surface area contributed by atoms with Crippen molar-refractivity contribution in [2.75, 3.05) is 0 Å². The van der Waals surface area contributed by atoms with Gasteiger partial charge in [0.15, 0.2) is 11.2 Å². The number of azo groups is 1. The predicted molar refractivity (Wildman–Crippen MR) is 177 cm³/mol. The molecule has 0 aromatic heterocycles. The number of ketones is 1. The molecule has 0 fully saturated rings. The second-order valence-corrected chi connectivity index (χ2v) is 14.2. The maximum atomic E-state index is 14.3. The van der Waals surface area contributed by atoms with Crippen LogP contribution in [0.2, 0.25) is 0 Å². The maximum Gasteiger partial charge on any atom is 0.360 e. The van der Waals surface area contributed by atoms with Crippen molar-refractivity contribution in [2.45, 2.75) is 26.4 Å². The van der Waals surface area contributed by atoms with Gasteiger partial charge < -0.3 is 4.74 Å². The Morgan fingerprint density at radius 2 is 1.00 bits per heavy atom. The zero-order valence-electron chi connectivity index (χ0n) is 24.4. The third kappa shape index (κ3) is 6.48. The molecular formula is C37H33N2O3P. The Morgan fingerprint density at radius 1 is 0.581 bits per heavy atom. The second kappa shape index (κ2) is 13.0. The van der Waals surface area contributed by atoms with E-state index < -0.39 is 18.5 Å². The lowest BCUT2D eigenvalue weighted by atomic mass is 10.0. The van der Waals surface area contributed by atoms with Crippen molar-refractivity contribution in [3.63, 3.8) is 0 Å². The molecule has 0 atom stereocenters. The lowest BCUT2D eigenvalue weighted by Crippen LogP contribution is -2.36. The second-order valence-electron chi connectivity index (χ2n) is 10.9. The van der Waals surface area contributed by atoms with Gasteiger partial charge in [0.25, 0.3) is 0 Å². The first-order valence-corrected chi connectivity index (χ1v) is 15.9. The third-order valence-electron chi connectivity index (χ3n) is 6.77. The molecule has 6 heteroatoms. The molecular weight excluding hydrogens is 551 g/mol. The number of nitrogens with zero attached hydrogens (tertiary/aromatic N) is 2. The van der Waals surface area contributed by atoms with Crippen molar-refractivity contribution in [3.05, 3.63) is 157 Å². The minimum atomic E-state index is -2.94. The fourth-order valence-electron chi connectivity index (χ4n) is 4.94. The minimum Gasteiger partial charge on any atom is -0.455 e. The van der Waals surface area contributed by atoms with Crippen LogP contribution in [0, 0.1) is 0 Å². The number of esters is 1. The molecule has 43 heavy (non-hydrogen) atoms. The van der Waals surface area contributed by atoms with Crippen molar-refractivity contribution in [3.8, 4) is 0 Å². The van der Waals surface area contributed by atoms with E-state index in [-0.39, 0.29) is 11.2 Å². The van der Waals surface area contributed by atoms with Crippen LogP contribution in [-0.2, 0) is 9.53 Å². The molecule has 0 radical (unpaired) electrons. The van der Waals surface area contributed by atoms with Gasteiger partial charge in [-0.15, -0.1) is 10.2 Å². The summed E-state index contributed by atoms with van der Waals surface area (Å²) in [7, 11) is 0. The summed E-state index contributed by atoms with van der Waals surface area (Å²) in [6.45, 7) is 2.56. The molecule has 0 aliphatic rings. The van der Waals surface area contributed by atoms with Crippen LogP contribution in [0.15, 0.2) is 156 Å². The molecule has 0 N–H and O–H groups in total. The first-order chi connectivity index (χ1) is 20.8. The molecule has 0 saturated carbocycles. The molecule has 5 rings (SSSR count). The van der Waals surface area contributed by atoms with Gasteiger partial charge in [-0.05, 0) is 48.8 Å². The van der Waals surface area contributed by atoms with Gasteiger partial charge in [0, 0.05) is 12.4 Å². The quantitative estimate of drug-likeness (QED) is 0.0823. The first kappa shape index (κ1) is 29.6. The van der Waals surface area contributed by atoms with Gasteiger partial charge in [-0.3, -0.25) is 4.79 Å². The van der Waals surface area contributed by atoms with Gasteiger partial charge in [0.05, 0.1) is 11.3 Å². The standard InChI is InChI=1S/C37H33N2O3P/c1-37(2,3)42-36(41)35(39-38-33-27-17-16-26-32(33)34(40)28-18-8-4-9-19-28)43(29-20-10-5-11-21-29,30-22-12-6-13-23-30)31-24-14-7-15-25-31/h4-27H,1-3H3. The molecule has 5 aromatic rings. The van der Waals surface area contributed by atoms with Crippen LogP contribution in [0.4, 0.5) is 5.69 Å². The molecule has 0 aliphatic carbocycles. The average Bonchev–Trinajstić information content (AvgIpc) is 3.04. The van der Waals surface area contributed by atoms with Crippen LogP contribution >= 0.6 is 6.89 Å². The van der Waals surface area contributed by atoms with Crippen LogP contribution in [0.5, 0.6) is 0 Å². The highest BCUT2D eigenvalue weighted by Gasteiger charge is 2.36. The van der Waals surface area contributed by atoms with E-state index in [0.717, 1.165) is 15.9 Å². The summed E-state index contributed by atoms with van der Waals surface area (Å²) in [6, 6.07) is 45.9. The Labute approximate surface area is 252 Å². The number of hydrogen-bond donors (Lipinski definition) is 0. The highest BCUT2D eigenvalue weighted by atomic mass is 31.2. The number of benzene rings is 5. The summed E-state index contributed by atoms with van der Waals surface area (Å²) in [4.78, 5) is 27.8.